The zero-order chi connectivity index (χ0) is 24.7. The average molecular weight is 457 g/mol. The third kappa shape index (κ3) is 5.40. The van der Waals surface area contributed by atoms with Crippen LogP contribution in [0.3, 0.4) is 0 Å². The zero-order valence-corrected chi connectivity index (χ0v) is 19.9. The van der Waals surface area contributed by atoms with Crippen LogP contribution in [0.2, 0.25) is 0 Å². The number of aromatic nitrogens is 2. The van der Waals surface area contributed by atoms with Crippen LogP contribution < -0.4 is 0 Å². The first-order valence-corrected chi connectivity index (χ1v) is 11.2. The van der Waals surface area contributed by atoms with Gasteiger partial charge in [0, 0.05) is 29.4 Å². The molecule has 0 N–H and O–H groups in total. The Morgan fingerprint density at radius 1 is 1.06 bits per heavy atom. The highest BCUT2D eigenvalue weighted by Gasteiger charge is 2.32. The molecule has 0 aliphatic carbocycles. The topological polar surface area (TPSA) is 17.8 Å². The van der Waals surface area contributed by atoms with Crippen molar-refractivity contribution in [3.8, 4) is 0 Å². The van der Waals surface area contributed by atoms with E-state index < -0.39 is 5.92 Å². The lowest BCUT2D eigenvalue weighted by atomic mass is 9.88. The normalized spacial score (nSPS) is 12.6. The third-order valence-corrected chi connectivity index (χ3v) is 5.77. The second-order valence-corrected chi connectivity index (χ2v) is 8.01. The van der Waals surface area contributed by atoms with Gasteiger partial charge in [0.1, 0.15) is 0 Å². The average Bonchev–Trinajstić information content (AvgIpc) is 3.19. The highest BCUT2D eigenvalue weighted by atomic mass is 19.3. The van der Waals surface area contributed by atoms with E-state index in [1.165, 1.54) is 12.1 Å². The summed E-state index contributed by atoms with van der Waals surface area (Å²) in [6.45, 7) is 14.0. The van der Waals surface area contributed by atoms with Gasteiger partial charge in [-0.05, 0) is 60.8 Å². The van der Waals surface area contributed by atoms with Crippen LogP contribution in [0.5, 0.6) is 0 Å². The summed E-state index contributed by atoms with van der Waals surface area (Å²) in [5, 5.41) is 4.45. The van der Waals surface area contributed by atoms with Crippen LogP contribution in [0.25, 0.3) is 23.4 Å². The lowest BCUT2D eigenvalue weighted by molar-refractivity contribution is -0.00384. The Bertz CT molecular complexity index is 1260. The van der Waals surface area contributed by atoms with Gasteiger partial charge in [0.05, 0.1) is 6.20 Å². The lowest BCUT2D eigenvalue weighted by Gasteiger charge is -2.20. The van der Waals surface area contributed by atoms with Crippen molar-refractivity contribution in [2.24, 2.45) is 0 Å². The minimum atomic E-state index is -3.02. The molecule has 1 aromatic heterocycles. The molecule has 1 heterocycles. The smallest absolute Gasteiger partial charge is 0.245 e. The molecule has 2 aromatic carbocycles. The van der Waals surface area contributed by atoms with Crippen LogP contribution in [0, 0.1) is 6.92 Å². The van der Waals surface area contributed by atoms with Crippen LogP contribution >= 0.6 is 0 Å². The van der Waals surface area contributed by atoms with Crippen LogP contribution in [0.4, 0.5) is 8.78 Å². The van der Waals surface area contributed by atoms with Crippen molar-refractivity contribution in [3.05, 3.63) is 126 Å². The molecule has 0 saturated carbocycles. The Balaban J connectivity index is 2.00. The Labute approximate surface area is 201 Å². The first kappa shape index (κ1) is 24.8. The third-order valence-electron chi connectivity index (χ3n) is 5.77. The predicted octanol–water partition coefficient (Wildman–Crippen LogP) is 8.33. The van der Waals surface area contributed by atoms with E-state index in [4.69, 9.17) is 0 Å². The molecule has 174 valence electrons. The molecule has 4 heteroatoms. The molecule has 0 radical (unpaired) electrons. The van der Waals surface area contributed by atoms with Crippen LogP contribution in [-0.2, 0) is 12.3 Å². The number of alkyl halides is 2. The largest absolute Gasteiger partial charge is 0.277 e. The molecule has 0 spiro atoms. The first-order chi connectivity index (χ1) is 16.3. The van der Waals surface area contributed by atoms with E-state index in [9.17, 15) is 0 Å². The highest BCUT2D eigenvalue weighted by Crippen LogP contribution is 2.38. The number of hydrogen-bond acceptors (Lipinski definition) is 1. The summed E-state index contributed by atoms with van der Waals surface area (Å²) in [7, 11) is 0. The number of rotatable bonds is 9. The van der Waals surface area contributed by atoms with E-state index >= 15 is 8.78 Å². The second-order valence-electron chi connectivity index (χ2n) is 8.01. The number of allylic oxidation sites excluding steroid dienone is 6. The zero-order valence-electron chi connectivity index (χ0n) is 19.9. The number of nitrogens with zero attached hydrogens (tertiary/aromatic N) is 2. The van der Waals surface area contributed by atoms with Gasteiger partial charge >= 0.3 is 0 Å². The number of halogens is 2. The summed E-state index contributed by atoms with van der Waals surface area (Å²) in [5.41, 5.74) is 5.24. The molecular formula is C30H30F2N2. The summed E-state index contributed by atoms with van der Waals surface area (Å²) in [6, 6.07) is 13.5. The van der Waals surface area contributed by atoms with Gasteiger partial charge in [0.25, 0.3) is 5.92 Å². The van der Waals surface area contributed by atoms with Crippen LogP contribution in [-0.4, -0.2) is 9.78 Å². The van der Waals surface area contributed by atoms with E-state index in [0.717, 1.165) is 22.4 Å². The highest BCUT2D eigenvalue weighted by molar-refractivity contribution is 6.05. The number of benzene rings is 2. The van der Waals surface area contributed by atoms with Crippen molar-refractivity contribution in [2.45, 2.75) is 33.1 Å². The van der Waals surface area contributed by atoms with Crippen molar-refractivity contribution in [3.63, 3.8) is 0 Å². The van der Waals surface area contributed by atoms with Gasteiger partial charge in [0.15, 0.2) is 0 Å². The standard InChI is InChI=1S/C30H30F2N2/c1-6-9-13-18-34-23(5)29(21-33-34)27(8-3)22(4)28-19-26(17-16-25(28)7-2)30(31,32)20-24-14-11-10-12-15-24/h6-19,21H,2,4,20H2,1,3,5H3/b9-6-,18-13-,27-8+. The van der Waals surface area contributed by atoms with E-state index in [1.807, 2.05) is 57.3 Å². The molecule has 0 atom stereocenters. The summed E-state index contributed by atoms with van der Waals surface area (Å²) < 4.78 is 32.3. The maximum atomic E-state index is 15.2. The van der Waals surface area contributed by atoms with Gasteiger partial charge in [-0.1, -0.05) is 79.9 Å². The molecule has 0 fully saturated rings. The quantitative estimate of drug-likeness (QED) is 0.296. The molecular weight excluding hydrogens is 426 g/mol. The van der Waals surface area contributed by atoms with Crippen molar-refractivity contribution >= 4 is 23.4 Å². The molecule has 3 rings (SSSR count). The number of hydrogen-bond donors (Lipinski definition) is 0. The molecule has 0 unspecified atom stereocenters. The fraction of sp³-hybridized carbons (Fsp3) is 0.167. The molecule has 0 saturated heterocycles. The van der Waals surface area contributed by atoms with Crippen molar-refractivity contribution in [1.82, 2.24) is 9.78 Å². The molecule has 34 heavy (non-hydrogen) atoms. The minimum Gasteiger partial charge on any atom is -0.245 e. The predicted molar refractivity (Wildman–Crippen MR) is 140 cm³/mol. The lowest BCUT2D eigenvalue weighted by Crippen LogP contribution is -2.17. The van der Waals surface area contributed by atoms with Gasteiger partial charge < -0.3 is 0 Å². The van der Waals surface area contributed by atoms with E-state index in [2.05, 4.69) is 18.3 Å². The van der Waals surface area contributed by atoms with Crippen LogP contribution in [0.1, 0.15) is 47.4 Å². The Morgan fingerprint density at radius 3 is 2.44 bits per heavy atom. The molecule has 0 aliphatic heterocycles. The van der Waals surface area contributed by atoms with Gasteiger partial charge in [-0.2, -0.15) is 5.10 Å². The second kappa shape index (κ2) is 10.9. The van der Waals surface area contributed by atoms with Crippen LogP contribution in [0.15, 0.2) is 92.2 Å². The summed E-state index contributed by atoms with van der Waals surface area (Å²) in [4.78, 5) is 0. The molecule has 0 aliphatic rings. The van der Waals surface area contributed by atoms with Crippen molar-refractivity contribution in [1.29, 1.82) is 0 Å². The minimum absolute atomic E-state index is 0.0461. The molecule has 3 aromatic rings. The first-order valence-electron chi connectivity index (χ1n) is 11.2. The van der Waals surface area contributed by atoms with Gasteiger partial charge in [0.2, 0.25) is 0 Å². The Kier molecular flexibility index (Phi) is 7.95. The van der Waals surface area contributed by atoms with Crippen molar-refractivity contribution < 1.29 is 8.78 Å². The summed E-state index contributed by atoms with van der Waals surface area (Å²) >= 11 is 0. The monoisotopic (exact) mass is 456 g/mol. The van der Waals surface area contributed by atoms with E-state index in [1.54, 1.807) is 47.3 Å². The van der Waals surface area contributed by atoms with E-state index in [-0.39, 0.29) is 12.0 Å². The fourth-order valence-corrected chi connectivity index (χ4v) is 3.90. The molecule has 2 nitrogen and oxygen atoms in total. The fourth-order valence-electron chi connectivity index (χ4n) is 3.90. The maximum Gasteiger partial charge on any atom is 0.277 e. The van der Waals surface area contributed by atoms with Gasteiger partial charge in [-0.15, -0.1) is 0 Å². The Hall–Kier alpha value is -3.79. The van der Waals surface area contributed by atoms with Gasteiger partial charge in [-0.3, -0.25) is 0 Å². The summed E-state index contributed by atoms with van der Waals surface area (Å²) in [5.74, 6) is -3.02. The van der Waals surface area contributed by atoms with Crippen molar-refractivity contribution in [2.75, 3.05) is 0 Å². The summed E-state index contributed by atoms with van der Waals surface area (Å²) in [6.07, 6.45) is 12.7. The molecule has 0 bridgehead atoms. The van der Waals surface area contributed by atoms with Gasteiger partial charge in [-0.25, -0.2) is 13.5 Å². The maximum absolute atomic E-state index is 15.2. The Morgan fingerprint density at radius 2 is 1.79 bits per heavy atom. The van der Waals surface area contributed by atoms with E-state index in [0.29, 0.717) is 16.7 Å². The SMILES string of the molecule is C=Cc1ccc(C(F)(F)Cc2ccccc2)cc1C(=C)/C(=C\C)c1cnn(/C=C\C=C/C)c1C. The molecule has 0 amide bonds.